The van der Waals surface area contributed by atoms with Crippen molar-refractivity contribution in [3.63, 3.8) is 0 Å². The van der Waals surface area contributed by atoms with Gasteiger partial charge in [-0.05, 0) is 31.0 Å². The fraction of sp³-hybridized carbons (Fsp3) is 0.650. The monoisotopic (exact) mass is 425 g/mol. The summed E-state index contributed by atoms with van der Waals surface area (Å²) in [6, 6.07) is 5.13. The number of amides is 1. The van der Waals surface area contributed by atoms with E-state index in [1.165, 1.54) is 22.5 Å². The van der Waals surface area contributed by atoms with Gasteiger partial charge in [-0.1, -0.05) is 6.07 Å². The van der Waals surface area contributed by atoms with Crippen LogP contribution >= 0.6 is 0 Å². The molecule has 1 amide bonds. The van der Waals surface area contributed by atoms with Crippen molar-refractivity contribution < 1.29 is 22.3 Å². The number of likely N-dealkylation sites (tertiary alicyclic amines) is 2. The van der Waals surface area contributed by atoms with Crippen LogP contribution in [0.15, 0.2) is 29.2 Å². The van der Waals surface area contributed by atoms with Gasteiger partial charge in [-0.15, -0.1) is 0 Å². The van der Waals surface area contributed by atoms with Gasteiger partial charge in [0.1, 0.15) is 5.82 Å². The number of benzene rings is 1. The number of rotatable bonds is 5. The lowest BCUT2D eigenvalue weighted by atomic mass is 9.75. The smallest absolute Gasteiger partial charge is 0.243 e. The number of carbonyl (C=O) groups is 1. The number of nitrogens with zero attached hydrogens (tertiary/aromatic N) is 3. The van der Waals surface area contributed by atoms with E-state index in [1.54, 1.807) is 7.11 Å². The van der Waals surface area contributed by atoms with Crippen LogP contribution in [0, 0.1) is 17.7 Å². The first-order valence-corrected chi connectivity index (χ1v) is 11.5. The fourth-order valence-electron chi connectivity index (χ4n) is 5.40. The Balaban J connectivity index is 1.51. The molecule has 3 fully saturated rings. The number of fused-ring (bicyclic) bond motifs is 2. The highest BCUT2D eigenvalue weighted by Crippen LogP contribution is 2.49. The second-order valence-electron chi connectivity index (χ2n) is 8.33. The molecule has 1 spiro atoms. The van der Waals surface area contributed by atoms with Gasteiger partial charge in [-0.3, -0.25) is 9.69 Å². The van der Waals surface area contributed by atoms with E-state index < -0.39 is 15.8 Å². The van der Waals surface area contributed by atoms with E-state index in [-0.39, 0.29) is 28.2 Å². The van der Waals surface area contributed by atoms with Gasteiger partial charge >= 0.3 is 0 Å². The Kier molecular flexibility index (Phi) is 5.43. The molecular weight excluding hydrogens is 397 g/mol. The summed E-state index contributed by atoms with van der Waals surface area (Å²) in [5.74, 6) is -0.221. The van der Waals surface area contributed by atoms with E-state index in [0.717, 1.165) is 25.7 Å². The van der Waals surface area contributed by atoms with E-state index >= 15 is 0 Å². The maximum Gasteiger partial charge on any atom is 0.243 e. The minimum absolute atomic E-state index is 0.0196. The third kappa shape index (κ3) is 3.37. The molecule has 3 saturated heterocycles. The predicted octanol–water partition coefficient (Wildman–Crippen LogP) is 1.02. The first-order valence-electron chi connectivity index (χ1n) is 10.0. The molecule has 1 aromatic rings. The molecule has 29 heavy (non-hydrogen) atoms. The summed E-state index contributed by atoms with van der Waals surface area (Å²) in [6.45, 7) is 3.67. The number of hydrogen-bond acceptors (Lipinski definition) is 5. The number of halogens is 1. The normalized spacial score (nSPS) is 27.7. The van der Waals surface area contributed by atoms with E-state index in [0.29, 0.717) is 32.5 Å². The molecule has 3 heterocycles. The van der Waals surface area contributed by atoms with Crippen LogP contribution < -0.4 is 0 Å². The van der Waals surface area contributed by atoms with Crippen molar-refractivity contribution in [2.75, 3.05) is 53.5 Å². The number of ether oxygens (including phenoxy) is 1. The Morgan fingerprint density at radius 1 is 1.24 bits per heavy atom. The second-order valence-corrected chi connectivity index (χ2v) is 10.3. The lowest BCUT2D eigenvalue weighted by Crippen LogP contribution is -2.56. The third-order valence-electron chi connectivity index (χ3n) is 7.04. The zero-order valence-corrected chi connectivity index (χ0v) is 17.7. The molecule has 0 N–H and O–H groups in total. The molecule has 4 rings (SSSR count). The zero-order valence-electron chi connectivity index (χ0n) is 16.9. The van der Waals surface area contributed by atoms with Gasteiger partial charge in [0.15, 0.2) is 0 Å². The van der Waals surface area contributed by atoms with Crippen molar-refractivity contribution in [1.82, 2.24) is 14.1 Å². The average molecular weight is 426 g/mol. The summed E-state index contributed by atoms with van der Waals surface area (Å²) in [6.07, 6.45) is 1.20. The zero-order chi connectivity index (χ0) is 20.8. The van der Waals surface area contributed by atoms with Gasteiger partial charge in [0, 0.05) is 58.3 Å². The van der Waals surface area contributed by atoms with Crippen LogP contribution in [0.1, 0.15) is 12.8 Å². The maximum absolute atomic E-state index is 13.5. The quantitative estimate of drug-likeness (QED) is 0.705. The van der Waals surface area contributed by atoms with Gasteiger partial charge in [-0.25, -0.2) is 12.8 Å². The number of sulfonamides is 1. The summed E-state index contributed by atoms with van der Waals surface area (Å²) in [5.41, 5.74) is -0.308. The largest absolute Gasteiger partial charge is 0.383 e. The lowest BCUT2D eigenvalue weighted by Gasteiger charge is -2.46. The molecule has 9 heteroatoms. The predicted molar refractivity (Wildman–Crippen MR) is 105 cm³/mol. The Morgan fingerprint density at radius 2 is 1.97 bits per heavy atom. The molecule has 3 aliphatic rings. The first kappa shape index (κ1) is 20.7. The van der Waals surface area contributed by atoms with E-state index in [1.807, 2.05) is 11.9 Å². The van der Waals surface area contributed by atoms with Crippen molar-refractivity contribution in [3.05, 3.63) is 30.1 Å². The Hall–Kier alpha value is -1.55. The third-order valence-corrected chi connectivity index (χ3v) is 8.93. The molecule has 3 aliphatic heterocycles. The molecular formula is C20H28FN3O4S. The summed E-state index contributed by atoms with van der Waals surface area (Å²) in [5, 5.41) is 0. The van der Waals surface area contributed by atoms with Gasteiger partial charge < -0.3 is 9.64 Å². The number of hydrogen-bond donors (Lipinski definition) is 0. The van der Waals surface area contributed by atoms with Crippen LogP contribution in [0.3, 0.4) is 0 Å². The molecule has 7 nitrogen and oxygen atoms in total. The van der Waals surface area contributed by atoms with E-state index in [9.17, 15) is 17.6 Å². The van der Waals surface area contributed by atoms with E-state index in [2.05, 4.69) is 4.90 Å². The van der Waals surface area contributed by atoms with Crippen molar-refractivity contribution in [2.45, 2.75) is 23.3 Å². The Labute approximate surface area is 171 Å². The van der Waals surface area contributed by atoms with Gasteiger partial charge in [-0.2, -0.15) is 4.31 Å². The molecule has 0 radical (unpaired) electrons. The number of methoxy groups -OCH3 is 1. The molecule has 0 aliphatic carbocycles. The molecule has 0 bridgehead atoms. The molecule has 2 atom stereocenters. The maximum atomic E-state index is 13.5. The minimum atomic E-state index is -3.74. The highest BCUT2D eigenvalue weighted by Gasteiger charge is 2.60. The van der Waals surface area contributed by atoms with Crippen LogP contribution in [0.25, 0.3) is 0 Å². The number of carbonyl (C=O) groups excluding carboxylic acids is 1. The van der Waals surface area contributed by atoms with Crippen molar-refractivity contribution in [3.8, 4) is 0 Å². The van der Waals surface area contributed by atoms with Gasteiger partial charge in [0.05, 0.1) is 17.4 Å². The molecule has 0 unspecified atom stereocenters. The van der Waals surface area contributed by atoms with Gasteiger partial charge in [0.25, 0.3) is 0 Å². The first-order chi connectivity index (χ1) is 13.8. The Bertz CT molecular complexity index is 885. The standard InChI is InChI=1S/C20H28FN3O4S/c1-22-19(25)17-13-23(10-11-28-2)14-18(17)20(22)6-8-24(9-7-20)29(26,27)16-5-3-4-15(21)12-16/h3-5,12,17-18H,6-11,13-14H2,1-2H3/t17-,18+/m0/s1. The van der Waals surface area contributed by atoms with Gasteiger partial charge in [0.2, 0.25) is 15.9 Å². The summed E-state index contributed by atoms with van der Waals surface area (Å²) >= 11 is 0. The van der Waals surface area contributed by atoms with Crippen LogP contribution in [0.5, 0.6) is 0 Å². The van der Waals surface area contributed by atoms with Crippen molar-refractivity contribution in [2.24, 2.45) is 11.8 Å². The SMILES string of the molecule is COCCN1C[C@@H]2C(=O)N(C)C3(CCN(S(=O)(=O)c4cccc(F)c4)CC3)[C@@H]2C1. The summed E-state index contributed by atoms with van der Waals surface area (Å²) in [7, 11) is -0.213. The highest BCUT2D eigenvalue weighted by atomic mass is 32.2. The summed E-state index contributed by atoms with van der Waals surface area (Å²) in [4.78, 5) is 17.0. The molecule has 0 saturated carbocycles. The Morgan fingerprint density at radius 3 is 2.62 bits per heavy atom. The van der Waals surface area contributed by atoms with Crippen molar-refractivity contribution >= 4 is 15.9 Å². The molecule has 0 aromatic heterocycles. The molecule has 160 valence electrons. The lowest BCUT2D eigenvalue weighted by molar-refractivity contribution is -0.133. The van der Waals surface area contributed by atoms with Crippen LogP contribution in [-0.2, 0) is 19.6 Å². The summed E-state index contributed by atoms with van der Waals surface area (Å²) < 4.78 is 46.0. The molecule has 1 aromatic carbocycles. The topological polar surface area (TPSA) is 70.2 Å². The van der Waals surface area contributed by atoms with Crippen molar-refractivity contribution in [1.29, 1.82) is 0 Å². The van der Waals surface area contributed by atoms with Crippen LogP contribution in [0.2, 0.25) is 0 Å². The fourth-order valence-corrected chi connectivity index (χ4v) is 6.87. The number of piperidine rings is 1. The van der Waals surface area contributed by atoms with Crippen LogP contribution in [-0.4, -0.2) is 87.5 Å². The van der Waals surface area contributed by atoms with Crippen LogP contribution in [0.4, 0.5) is 4.39 Å². The highest BCUT2D eigenvalue weighted by molar-refractivity contribution is 7.89. The average Bonchev–Trinajstić information content (AvgIpc) is 3.22. The minimum Gasteiger partial charge on any atom is -0.383 e. The van der Waals surface area contributed by atoms with E-state index in [4.69, 9.17) is 4.74 Å². The second kappa shape index (κ2) is 7.61.